The van der Waals surface area contributed by atoms with Crippen molar-refractivity contribution in [1.29, 1.82) is 0 Å². The first-order valence-corrected chi connectivity index (χ1v) is 12.0. The number of ether oxygens (including phenoxy) is 3. The number of fused-ring (bicyclic) bond motifs is 1. The number of sulfonamides is 1. The molecule has 1 aliphatic rings. The lowest BCUT2D eigenvalue weighted by atomic mass is 10.1. The van der Waals surface area contributed by atoms with Gasteiger partial charge < -0.3 is 19.5 Å². The van der Waals surface area contributed by atoms with Gasteiger partial charge in [-0.2, -0.15) is 4.72 Å². The van der Waals surface area contributed by atoms with Crippen molar-refractivity contribution >= 4 is 15.9 Å². The summed E-state index contributed by atoms with van der Waals surface area (Å²) in [4.78, 5) is 12.4. The van der Waals surface area contributed by atoms with E-state index >= 15 is 0 Å². The molecule has 2 N–H and O–H groups in total. The minimum absolute atomic E-state index is 0.0867. The lowest BCUT2D eigenvalue weighted by Gasteiger charge is -2.19. The zero-order valence-electron chi connectivity index (χ0n) is 18.1. The maximum atomic E-state index is 14.1. The van der Waals surface area contributed by atoms with Crippen molar-refractivity contribution in [2.45, 2.75) is 17.4 Å². The van der Waals surface area contributed by atoms with E-state index in [-0.39, 0.29) is 26.4 Å². The molecule has 0 unspecified atom stereocenters. The molecule has 178 valence electrons. The quantitative estimate of drug-likeness (QED) is 0.427. The average Bonchev–Trinajstić information content (AvgIpc) is 3.30. The summed E-state index contributed by atoms with van der Waals surface area (Å²) < 4.78 is 58.2. The molecule has 1 heterocycles. The molecular formula is C24H23FN2O6S. The normalized spacial score (nSPS) is 13.3. The number of carbonyl (C=O) groups is 1. The highest BCUT2D eigenvalue weighted by Crippen LogP contribution is 2.35. The SMILES string of the molecule is O=C(NCCOc1ccc2c(c1)OCO2)[C@H](Cc1ccccc1)NS(=O)(=O)c1ccccc1F. The lowest BCUT2D eigenvalue weighted by molar-refractivity contribution is -0.122. The van der Waals surface area contributed by atoms with E-state index in [1.165, 1.54) is 12.1 Å². The second-order valence-electron chi connectivity index (χ2n) is 7.45. The van der Waals surface area contributed by atoms with Crippen molar-refractivity contribution in [3.63, 3.8) is 0 Å². The molecule has 0 spiro atoms. The fraction of sp³-hybridized carbons (Fsp3) is 0.208. The van der Waals surface area contributed by atoms with Crippen LogP contribution in [0.25, 0.3) is 0 Å². The van der Waals surface area contributed by atoms with Gasteiger partial charge in [0.05, 0.1) is 6.54 Å². The van der Waals surface area contributed by atoms with Gasteiger partial charge in [0.1, 0.15) is 29.1 Å². The fourth-order valence-corrected chi connectivity index (χ4v) is 4.66. The first-order chi connectivity index (χ1) is 16.4. The Morgan fingerprint density at radius 1 is 1.00 bits per heavy atom. The minimum Gasteiger partial charge on any atom is -0.492 e. The molecule has 8 nitrogen and oxygen atoms in total. The van der Waals surface area contributed by atoms with Gasteiger partial charge in [-0.1, -0.05) is 42.5 Å². The largest absolute Gasteiger partial charge is 0.492 e. The molecule has 34 heavy (non-hydrogen) atoms. The molecule has 3 aromatic rings. The molecule has 10 heteroatoms. The van der Waals surface area contributed by atoms with Gasteiger partial charge in [-0.3, -0.25) is 4.79 Å². The molecule has 1 amide bonds. The predicted octanol–water partition coefficient (Wildman–Crippen LogP) is 2.64. The molecule has 4 rings (SSSR count). The summed E-state index contributed by atoms with van der Waals surface area (Å²) in [6.45, 7) is 0.421. The van der Waals surface area contributed by atoms with E-state index in [1.54, 1.807) is 42.5 Å². The molecule has 3 aromatic carbocycles. The van der Waals surface area contributed by atoms with Crippen LogP contribution >= 0.6 is 0 Å². The highest BCUT2D eigenvalue weighted by molar-refractivity contribution is 7.89. The number of hydrogen-bond donors (Lipinski definition) is 2. The highest BCUT2D eigenvalue weighted by Gasteiger charge is 2.27. The Hall–Kier alpha value is -3.63. The van der Waals surface area contributed by atoms with Gasteiger partial charge in [0.2, 0.25) is 22.7 Å². The first-order valence-electron chi connectivity index (χ1n) is 10.5. The molecule has 0 bridgehead atoms. The van der Waals surface area contributed by atoms with E-state index < -0.39 is 32.7 Å². The van der Waals surface area contributed by atoms with Gasteiger partial charge in [0.25, 0.3) is 0 Å². The van der Waals surface area contributed by atoms with Gasteiger partial charge in [-0.15, -0.1) is 0 Å². The molecule has 0 aliphatic carbocycles. The lowest BCUT2D eigenvalue weighted by Crippen LogP contribution is -2.48. The van der Waals surface area contributed by atoms with E-state index in [4.69, 9.17) is 14.2 Å². The van der Waals surface area contributed by atoms with Crippen molar-refractivity contribution in [1.82, 2.24) is 10.0 Å². The number of nitrogens with one attached hydrogen (secondary N) is 2. The molecule has 0 radical (unpaired) electrons. The third kappa shape index (κ3) is 5.83. The third-order valence-electron chi connectivity index (χ3n) is 5.04. The maximum Gasteiger partial charge on any atom is 0.244 e. The van der Waals surface area contributed by atoms with Crippen LogP contribution in [0.1, 0.15) is 5.56 Å². The number of rotatable bonds is 10. The Balaban J connectivity index is 1.39. The Bertz CT molecular complexity index is 1250. The van der Waals surface area contributed by atoms with Gasteiger partial charge in [-0.05, 0) is 36.2 Å². The van der Waals surface area contributed by atoms with Crippen LogP contribution in [-0.4, -0.2) is 40.3 Å². The summed E-state index contributed by atoms with van der Waals surface area (Å²) in [6.07, 6.45) is 0.0867. The van der Waals surface area contributed by atoms with Crippen LogP contribution in [0.5, 0.6) is 17.2 Å². The molecule has 0 aromatic heterocycles. The van der Waals surface area contributed by atoms with E-state index in [1.807, 2.05) is 6.07 Å². The van der Waals surface area contributed by atoms with Gasteiger partial charge in [-0.25, -0.2) is 12.8 Å². The van der Waals surface area contributed by atoms with Crippen LogP contribution in [0.4, 0.5) is 4.39 Å². The zero-order valence-corrected chi connectivity index (χ0v) is 18.9. The van der Waals surface area contributed by atoms with Crippen molar-refractivity contribution in [2.75, 3.05) is 19.9 Å². The number of carbonyl (C=O) groups excluding carboxylic acids is 1. The van der Waals surface area contributed by atoms with Crippen molar-refractivity contribution in [3.05, 3.63) is 84.2 Å². The molecular weight excluding hydrogens is 463 g/mol. The second-order valence-corrected chi connectivity index (χ2v) is 9.13. The van der Waals surface area contributed by atoms with Crippen LogP contribution in [0.3, 0.4) is 0 Å². The van der Waals surface area contributed by atoms with Crippen molar-refractivity contribution < 1.29 is 31.8 Å². The summed E-state index contributed by atoms with van der Waals surface area (Å²) in [5.41, 5.74) is 0.746. The van der Waals surface area contributed by atoms with E-state index in [2.05, 4.69) is 10.0 Å². The number of halogens is 1. The van der Waals surface area contributed by atoms with Crippen LogP contribution in [0.15, 0.2) is 77.7 Å². The van der Waals surface area contributed by atoms with Crippen LogP contribution in [0.2, 0.25) is 0 Å². The minimum atomic E-state index is -4.28. The summed E-state index contributed by atoms with van der Waals surface area (Å²) in [5.74, 6) is 0.294. The third-order valence-corrected chi connectivity index (χ3v) is 6.54. The smallest absolute Gasteiger partial charge is 0.244 e. The Morgan fingerprint density at radius 3 is 2.53 bits per heavy atom. The Morgan fingerprint density at radius 2 is 1.74 bits per heavy atom. The summed E-state index contributed by atoms with van der Waals surface area (Å²) in [6, 6.07) is 17.9. The molecule has 0 fully saturated rings. The van der Waals surface area contributed by atoms with Crippen LogP contribution < -0.4 is 24.2 Å². The summed E-state index contributed by atoms with van der Waals surface area (Å²) >= 11 is 0. The van der Waals surface area contributed by atoms with Crippen molar-refractivity contribution in [3.8, 4) is 17.2 Å². The standard InChI is InChI=1S/C24H23FN2O6S/c25-19-8-4-5-9-23(19)34(29,30)27-20(14-17-6-2-1-3-7-17)24(28)26-12-13-31-18-10-11-21-22(15-18)33-16-32-21/h1-11,15,20,27H,12-14,16H2,(H,26,28)/t20-/m0/s1. The number of benzene rings is 3. The predicted molar refractivity (Wildman–Crippen MR) is 122 cm³/mol. The first kappa shape index (κ1) is 23.5. The molecule has 1 aliphatic heterocycles. The monoisotopic (exact) mass is 486 g/mol. The van der Waals surface area contributed by atoms with Gasteiger partial charge >= 0.3 is 0 Å². The summed E-state index contributed by atoms with van der Waals surface area (Å²) in [5, 5.41) is 2.67. The average molecular weight is 487 g/mol. The van der Waals surface area contributed by atoms with E-state index in [0.717, 1.165) is 17.7 Å². The fourth-order valence-electron chi connectivity index (χ4n) is 3.38. The van der Waals surface area contributed by atoms with Crippen LogP contribution in [0, 0.1) is 5.82 Å². The van der Waals surface area contributed by atoms with Gasteiger partial charge in [0.15, 0.2) is 11.5 Å². The van der Waals surface area contributed by atoms with Gasteiger partial charge in [0, 0.05) is 6.07 Å². The van der Waals surface area contributed by atoms with Crippen molar-refractivity contribution in [2.24, 2.45) is 0 Å². The molecule has 0 saturated heterocycles. The topological polar surface area (TPSA) is 103 Å². The van der Waals surface area contributed by atoms with E-state index in [0.29, 0.717) is 17.2 Å². The number of amides is 1. The number of hydrogen-bond acceptors (Lipinski definition) is 6. The summed E-state index contributed by atoms with van der Waals surface area (Å²) in [7, 11) is -4.28. The maximum absolute atomic E-state index is 14.1. The zero-order chi connectivity index (χ0) is 24.0. The Kier molecular flexibility index (Phi) is 7.29. The van der Waals surface area contributed by atoms with E-state index in [9.17, 15) is 17.6 Å². The highest BCUT2D eigenvalue weighted by atomic mass is 32.2. The second kappa shape index (κ2) is 10.5. The Labute approximate surface area is 196 Å². The molecule has 0 saturated carbocycles. The molecule has 1 atom stereocenters. The van der Waals surface area contributed by atoms with Crippen LogP contribution in [-0.2, 0) is 21.2 Å².